The van der Waals surface area contributed by atoms with Gasteiger partial charge in [0.05, 0.1) is 16.2 Å². The number of carbonyl (C=O) groups is 1. The second-order valence-corrected chi connectivity index (χ2v) is 8.87. The van der Waals surface area contributed by atoms with Crippen molar-refractivity contribution in [1.29, 1.82) is 0 Å². The Bertz CT molecular complexity index is 1240. The molecular formula is C20H22F2N6O3S. The number of anilines is 1. The fourth-order valence-electron chi connectivity index (χ4n) is 3.07. The SMILES string of the molecule is Cc1cc(C)n(-c2cc(NCCNC(=O)c3ccccc3S(=O)(=O)C(F)F)nc(C)n2)n1. The average molecular weight is 464 g/mol. The van der Waals surface area contributed by atoms with Crippen LogP contribution in [0.2, 0.25) is 0 Å². The summed E-state index contributed by atoms with van der Waals surface area (Å²) in [6, 6.07) is 8.49. The Kier molecular flexibility index (Phi) is 6.82. The van der Waals surface area contributed by atoms with E-state index in [1.54, 1.807) is 17.7 Å². The molecule has 1 amide bonds. The van der Waals surface area contributed by atoms with Crippen LogP contribution < -0.4 is 10.6 Å². The number of amides is 1. The Morgan fingerprint density at radius 2 is 1.81 bits per heavy atom. The van der Waals surface area contributed by atoms with E-state index in [0.717, 1.165) is 17.5 Å². The molecule has 3 rings (SSSR count). The van der Waals surface area contributed by atoms with Crippen molar-refractivity contribution in [3.63, 3.8) is 0 Å². The molecule has 0 aliphatic carbocycles. The van der Waals surface area contributed by atoms with E-state index in [1.165, 1.54) is 18.2 Å². The van der Waals surface area contributed by atoms with Gasteiger partial charge < -0.3 is 10.6 Å². The third-order valence-electron chi connectivity index (χ3n) is 4.44. The molecule has 9 nitrogen and oxygen atoms in total. The molecule has 0 saturated heterocycles. The first-order valence-corrected chi connectivity index (χ1v) is 11.2. The molecule has 2 heterocycles. The zero-order chi connectivity index (χ0) is 23.5. The van der Waals surface area contributed by atoms with Gasteiger partial charge >= 0.3 is 5.76 Å². The number of hydrogen-bond donors (Lipinski definition) is 2. The molecule has 0 aliphatic heterocycles. The lowest BCUT2D eigenvalue weighted by atomic mass is 10.2. The molecule has 0 aliphatic rings. The van der Waals surface area contributed by atoms with Gasteiger partial charge in [-0.3, -0.25) is 4.79 Å². The molecule has 0 bridgehead atoms. The van der Waals surface area contributed by atoms with Gasteiger partial charge in [0, 0.05) is 24.8 Å². The van der Waals surface area contributed by atoms with Crippen molar-refractivity contribution in [2.24, 2.45) is 0 Å². The van der Waals surface area contributed by atoms with Gasteiger partial charge in [0.15, 0.2) is 5.82 Å². The Balaban J connectivity index is 1.66. The summed E-state index contributed by atoms with van der Waals surface area (Å²) in [6.07, 6.45) is 0. The maximum absolute atomic E-state index is 12.9. The van der Waals surface area contributed by atoms with Crippen molar-refractivity contribution in [2.75, 3.05) is 18.4 Å². The largest absolute Gasteiger partial charge is 0.368 e. The van der Waals surface area contributed by atoms with Gasteiger partial charge in [0.1, 0.15) is 11.6 Å². The van der Waals surface area contributed by atoms with Crippen molar-refractivity contribution in [3.8, 4) is 5.82 Å². The molecule has 0 unspecified atom stereocenters. The minimum Gasteiger partial charge on any atom is -0.368 e. The van der Waals surface area contributed by atoms with E-state index in [4.69, 9.17) is 0 Å². The quantitative estimate of drug-likeness (QED) is 0.492. The molecule has 0 atom stereocenters. The third-order valence-corrected chi connectivity index (χ3v) is 5.88. The molecule has 2 aromatic heterocycles. The number of alkyl halides is 2. The normalized spacial score (nSPS) is 11.6. The summed E-state index contributed by atoms with van der Waals surface area (Å²) >= 11 is 0. The number of halogens is 2. The van der Waals surface area contributed by atoms with Crippen LogP contribution in [0, 0.1) is 20.8 Å². The third kappa shape index (κ3) is 5.07. The topological polar surface area (TPSA) is 119 Å². The van der Waals surface area contributed by atoms with Crippen LogP contribution in [-0.2, 0) is 9.84 Å². The van der Waals surface area contributed by atoms with Crippen LogP contribution in [0.3, 0.4) is 0 Å². The van der Waals surface area contributed by atoms with Gasteiger partial charge in [-0.1, -0.05) is 12.1 Å². The van der Waals surface area contributed by atoms with Crippen LogP contribution in [0.4, 0.5) is 14.6 Å². The molecule has 32 heavy (non-hydrogen) atoms. The highest BCUT2D eigenvalue weighted by Gasteiger charge is 2.30. The van der Waals surface area contributed by atoms with E-state index in [9.17, 15) is 22.0 Å². The molecule has 0 fully saturated rings. The second kappa shape index (κ2) is 9.39. The Morgan fingerprint density at radius 3 is 2.47 bits per heavy atom. The summed E-state index contributed by atoms with van der Waals surface area (Å²) in [5, 5.41) is 9.96. The lowest BCUT2D eigenvalue weighted by molar-refractivity contribution is 0.0951. The van der Waals surface area contributed by atoms with E-state index in [-0.39, 0.29) is 18.7 Å². The number of nitrogens with one attached hydrogen (secondary N) is 2. The first-order valence-electron chi connectivity index (χ1n) is 9.62. The van der Waals surface area contributed by atoms with E-state index in [0.29, 0.717) is 17.5 Å². The number of nitrogens with zero attached hydrogens (tertiary/aromatic N) is 4. The van der Waals surface area contributed by atoms with Gasteiger partial charge in [0.2, 0.25) is 9.84 Å². The van der Waals surface area contributed by atoms with E-state index >= 15 is 0 Å². The number of aryl methyl sites for hydroxylation is 3. The van der Waals surface area contributed by atoms with Gasteiger partial charge in [-0.05, 0) is 39.0 Å². The smallest absolute Gasteiger partial charge is 0.341 e. The minimum absolute atomic E-state index is 0.0974. The highest BCUT2D eigenvalue weighted by Crippen LogP contribution is 2.22. The van der Waals surface area contributed by atoms with E-state index < -0.39 is 26.4 Å². The summed E-state index contributed by atoms with van der Waals surface area (Å²) < 4.78 is 51.1. The number of aromatic nitrogens is 4. The van der Waals surface area contributed by atoms with Gasteiger partial charge in [-0.25, -0.2) is 23.1 Å². The molecule has 0 spiro atoms. The van der Waals surface area contributed by atoms with E-state index in [2.05, 4.69) is 25.7 Å². The molecule has 170 valence electrons. The molecular weight excluding hydrogens is 442 g/mol. The summed E-state index contributed by atoms with van der Waals surface area (Å²) in [5.74, 6) is -2.77. The van der Waals surface area contributed by atoms with Crippen LogP contribution in [0.1, 0.15) is 27.6 Å². The van der Waals surface area contributed by atoms with Gasteiger partial charge in [-0.2, -0.15) is 13.9 Å². The summed E-state index contributed by atoms with van der Waals surface area (Å²) in [5.41, 5.74) is 1.43. The molecule has 2 N–H and O–H groups in total. The monoisotopic (exact) mass is 464 g/mol. The number of sulfone groups is 1. The lowest BCUT2D eigenvalue weighted by Gasteiger charge is -2.12. The minimum atomic E-state index is -4.90. The number of benzene rings is 1. The highest BCUT2D eigenvalue weighted by molar-refractivity contribution is 7.91. The van der Waals surface area contributed by atoms with Gasteiger partial charge in [0.25, 0.3) is 5.91 Å². The number of rotatable bonds is 8. The first kappa shape index (κ1) is 23.3. The van der Waals surface area contributed by atoms with E-state index in [1.807, 2.05) is 19.9 Å². The van der Waals surface area contributed by atoms with Crippen LogP contribution >= 0.6 is 0 Å². The van der Waals surface area contributed by atoms with Crippen LogP contribution in [-0.4, -0.2) is 52.9 Å². The highest BCUT2D eigenvalue weighted by atomic mass is 32.2. The van der Waals surface area contributed by atoms with Crippen LogP contribution in [0.25, 0.3) is 5.82 Å². The van der Waals surface area contributed by atoms with Crippen molar-refractivity contribution in [2.45, 2.75) is 31.4 Å². The van der Waals surface area contributed by atoms with Crippen molar-refractivity contribution < 1.29 is 22.0 Å². The zero-order valence-electron chi connectivity index (χ0n) is 17.6. The summed E-state index contributed by atoms with van der Waals surface area (Å²) in [4.78, 5) is 20.4. The molecule has 12 heteroatoms. The maximum atomic E-state index is 12.9. The van der Waals surface area contributed by atoms with Crippen molar-refractivity contribution in [1.82, 2.24) is 25.1 Å². The Morgan fingerprint density at radius 1 is 1.09 bits per heavy atom. The standard InChI is InChI=1S/C20H22F2N6O3S/c1-12-10-13(2)28(27-12)18-11-17(25-14(3)26-18)23-8-9-24-19(29)15-6-4-5-7-16(15)32(30,31)20(21)22/h4-7,10-11,20H,8-9H2,1-3H3,(H,24,29)(H,23,25,26). The Hall–Kier alpha value is -3.41. The molecule has 0 saturated carbocycles. The predicted molar refractivity (Wildman–Crippen MR) is 114 cm³/mol. The number of hydrogen-bond acceptors (Lipinski definition) is 7. The first-order chi connectivity index (χ1) is 15.1. The maximum Gasteiger partial charge on any atom is 0.341 e. The lowest BCUT2D eigenvalue weighted by Crippen LogP contribution is -2.30. The molecule has 0 radical (unpaired) electrons. The zero-order valence-corrected chi connectivity index (χ0v) is 18.4. The number of carbonyl (C=O) groups excluding carboxylic acids is 1. The fourth-order valence-corrected chi connectivity index (χ4v) is 4.00. The van der Waals surface area contributed by atoms with Gasteiger partial charge in [-0.15, -0.1) is 0 Å². The van der Waals surface area contributed by atoms with Crippen LogP contribution in [0.5, 0.6) is 0 Å². The average Bonchev–Trinajstić information content (AvgIpc) is 3.08. The molecule has 3 aromatic rings. The molecule has 1 aromatic carbocycles. The summed E-state index contributed by atoms with van der Waals surface area (Å²) in [7, 11) is -4.90. The predicted octanol–water partition coefficient (Wildman–Crippen LogP) is 2.43. The summed E-state index contributed by atoms with van der Waals surface area (Å²) in [6.45, 7) is 5.88. The Labute approximate surface area is 183 Å². The van der Waals surface area contributed by atoms with Crippen molar-refractivity contribution >= 4 is 21.6 Å². The van der Waals surface area contributed by atoms with Crippen molar-refractivity contribution in [3.05, 3.63) is 59.2 Å². The van der Waals surface area contributed by atoms with Crippen LogP contribution in [0.15, 0.2) is 41.3 Å². The second-order valence-electron chi connectivity index (χ2n) is 6.98. The fraction of sp³-hybridized carbons (Fsp3) is 0.300.